The van der Waals surface area contributed by atoms with Gasteiger partial charge in [-0.2, -0.15) is 5.10 Å². The fourth-order valence-corrected chi connectivity index (χ4v) is 4.34. The third-order valence-corrected chi connectivity index (χ3v) is 6.10. The highest BCUT2D eigenvalue weighted by molar-refractivity contribution is 7.91. The lowest BCUT2D eigenvalue weighted by molar-refractivity contribution is 0.141. The van der Waals surface area contributed by atoms with E-state index in [1.807, 2.05) is 13.0 Å². The van der Waals surface area contributed by atoms with Gasteiger partial charge in [-0.1, -0.05) is 18.2 Å². The van der Waals surface area contributed by atoms with Crippen molar-refractivity contribution in [1.29, 1.82) is 0 Å². The first-order valence-electron chi connectivity index (χ1n) is 8.47. The molecule has 1 aromatic carbocycles. The summed E-state index contributed by atoms with van der Waals surface area (Å²) in [6, 6.07) is 13.2. The number of aromatic amines is 1. The average Bonchev–Trinajstić information content (AvgIpc) is 3.04. The van der Waals surface area contributed by atoms with Gasteiger partial charge in [0.25, 0.3) is 0 Å². The molecule has 1 fully saturated rings. The van der Waals surface area contributed by atoms with Gasteiger partial charge in [-0.3, -0.25) is 5.10 Å². The molecule has 140 valence electrons. The zero-order valence-electron chi connectivity index (χ0n) is 14.6. The summed E-state index contributed by atoms with van der Waals surface area (Å²) in [6.07, 6.45) is -0.482. The molecule has 3 aromatic rings. The molecule has 0 atom stereocenters. The van der Waals surface area contributed by atoms with Crippen LogP contribution >= 0.6 is 0 Å². The molecular weight excluding hydrogens is 366 g/mol. The van der Waals surface area contributed by atoms with E-state index in [0.717, 1.165) is 5.69 Å². The molecule has 0 saturated carbocycles. The predicted molar refractivity (Wildman–Crippen MR) is 101 cm³/mol. The number of rotatable bonds is 5. The summed E-state index contributed by atoms with van der Waals surface area (Å²) < 4.78 is 26.2. The van der Waals surface area contributed by atoms with Crippen molar-refractivity contribution in [2.24, 2.45) is 0 Å². The SMILES string of the molecule is Cc1cc(Nc2ccc(S(=O)(=O)c3ccccc3)c(N3CC(O)C3)n2)n[nH]1. The largest absolute Gasteiger partial charge is 0.389 e. The van der Waals surface area contributed by atoms with Gasteiger partial charge in [0.1, 0.15) is 16.5 Å². The maximum Gasteiger partial charge on any atom is 0.210 e. The highest BCUT2D eigenvalue weighted by Crippen LogP contribution is 2.33. The van der Waals surface area contributed by atoms with E-state index in [9.17, 15) is 13.5 Å². The fraction of sp³-hybridized carbons (Fsp3) is 0.222. The van der Waals surface area contributed by atoms with E-state index in [2.05, 4.69) is 20.5 Å². The van der Waals surface area contributed by atoms with Crippen LogP contribution in [0.2, 0.25) is 0 Å². The maximum absolute atomic E-state index is 13.1. The standard InChI is InChI=1S/C18H19N5O3S/c1-12-9-17(22-21-12)19-16-8-7-15(18(20-16)23-10-13(24)11-23)27(25,26)14-5-3-2-4-6-14/h2-9,13,24H,10-11H2,1H3,(H2,19,20,21,22). The molecule has 0 aliphatic carbocycles. The highest BCUT2D eigenvalue weighted by Gasteiger charge is 2.32. The summed E-state index contributed by atoms with van der Waals surface area (Å²) in [4.78, 5) is 6.57. The van der Waals surface area contributed by atoms with Gasteiger partial charge in [-0.05, 0) is 31.2 Å². The topological polar surface area (TPSA) is 111 Å². The molecule has 8 nitrogen and oxygen atoms in total. The number of sulfone groups is 1. The molecule has 4 rings (SSSR count). The Morgan fingerprint density at radius 2 is 1.89 bits per heavy atom. The molecule has 0 radical (unpaired) electrons. The van der Waals surface area contributed by atoms with Crippen LogP contribution in [0.4, 0.5) is 17.5 Å². The molecular formula is C18H19N5O3S. The Labute approximate surface area is 156 Å². The van der Waals surface area contributed by atoms with Gasteiger partial charge in [0.2, 0.25) is 9.84 Å². The Morgan fingerprint density at radius 3 is 2.52 bits per heavy atom. The fourth-order valence-electron chi connectivity index (χ4n) is 2.91. The molecule has 0 bridgehead atoms. The minimum atomic E-state index is -3.73. The Balaban J connectivity index is 1.75. The van der Waals surface area contributed by atoms with Crippen LogP contribution in [0.3, 0.4) is 0 Å². The zero-order chi connectivity index (χ0) is 19.0. The van der Waals surface area contributed by atoms with Crippen molar-refractivity contribution < 1.29 is 13.5 Å². The minimum absolute atomic E-state index is 0.115. The van der Waals surface area contributed by atoms with Gasteiger partial charge in [0, 0.05) is 24.8 Å². The van der Waals surface area contributed by atoms with Crippen molar-refractivity contribution in [3.63, 3.8) is 0 Å². The minimum Gasteiger partial charge on any atom is -0.389 e. The summed E-state index contributed by atoms with van der Waals surface area (Å²) in [5.74, 6) is 1.39. The first kappa shape index (κ1) is 17.5. The number of nitrogens with one attached hydrogen (secondary N) is 2. The summed E-state index contributed by atoms with van der Waals surface area (Å²) in [5, 5.41) is 19.6. The zero-order valence-corrected chi connectivity index (χ0v) is 15.4. The van der Waals surface area contributed by atoms with E-state index in [1.165, 1.54) is 6.07 Å². The van der Waals surface area contributed by atoms with Gasteiger partial charge < -0.3 is 15.3 Å². The lowest BCUT2D eigenvalue weighted by Gasteiger charge is -2.37. The summed E-state index contributed by atoms with van der Waals surface area (Å²) in [6.45, 7) is 2.57. The van der Waals surface area contributed by atoms with E-state index in [1.54, 1.807) is 41.3 Å². The van der Waals surface area contributed by atoms with Crippen molar-refractivity contribution in [3.8, 4) is 0 Å². The smallest absolute Gasteiger partial charge is 0.210 e. The number of β-amino-alcohol motifs (C(OH)–C–C–N with tert-alkyl or cyclic N) is 1. The lowest BCUT2D eigenvalue weighted by Crippen LogP contribution is -2.51. The Hall–Kier alpha value is -2.91. The number of pyridine rings is 1. The first-order chi connectivity index (χ1) is 12.9. The molecule has 27 heavy (non-hydrogen) atoms. The third kappa shape index (κ3) is 3.38. The van der Waals surface area contributed by atoms with Gasteiger partial charge in [-0.25, -0.2) is 13.4 Å². The number of benzene rings is 1. The molecule has 1 aliphatic rings. The predicted octanol–water partition coefficient (Wildman–Crippen LogP) is 1.87. The number of aliphatic hydroxyl groups is 1. The van der Waals surface area contributed by atoms with E-state index in [-0.39, 0.29) is 9.79 Å². The Bertz CT molecular complexity index is 1060. The van der Waals surface area contributed by atoms with E-state index in [0.29, 0.717) is 30.5 Å². The summed E-state index contributed by atoms with van der Waals surface area (Å²) >= 11 is 0. The second kappa shape index (κ2) is 6.67. The molecule has 0 amide bonds. The van der Waals surface area contributed by atoms with Gasteiger partial charge in [0.05, 0.1) is 11.0 Å². The van der Waals surface area contributed by atoms with Crippen LogP contribution in [0.15, 0.2) is 58.3 Å². The van der Waals surface area contributed by atoms with Crippen LogP contribution in [-0.4, -0.2) is 47.9 Å². The van der Waals surface area contributed by atoms with Crippen LogP contribution in [-0.2, 0) is 9.84 Å². The van der Waals surface area contributed by atoms with Crippen molar-refractivity contribution in [1.82, 2.24) is 15.2 Å². The van der Waals surface area contributed by atoms with Gasteiger partial charge in [0.15, 0.2) is 5.82 Å². The lowest BCUT2D eigenvalue weighted by atomic mass is 10.2. The maximum atomic E-state index is 13.1. The van der Waals surface area contributed by atoms with Crippen molar-refractivity contribution in [2.75, 3.05) is 23.3 Å². The molecule has 1 saturated heterocycles. The van der Waals surface area contributed by atoms with Crippen molar-refractivity contribution >= 4 is 27.3 Å². The average molecular weight is 385 g/mol. The van der Waals surface area contributed by atoms with Crippen LogP contribution in [0.5, 0.6) is 0 Å². The molecule has 3 N–H and O–H groups in total. The normalized spacial score (nSPS) is 14.8. The van der Waals surface area contributed by atoms with Crippen LogP contribution in [0.1, 0.15) is 5.69 Å². The Morgan fingerprint density at radius 1 is 1.15 bits per heavy atom. The monoisotopic (exact) mass is 385 g/mol. The number of aromatic nitrogens is 3. The number of aliphatic hydroxyl groups excluding tert-OH is 1. The number of H-pyrrole nitrogens is 1. The summed E-state index contributed by atoms with van der Waals surface area (Å²) in [7, 11) is -3.73. The second-order valence-corrected chi connectivity index (χ2v) is 8.37. The number of hydrogen-bond donors (Lipinski definition) is 3. The molecule has 0 unspecified atom stereocenters. The highest BCUT2D eigenvalue weighted by atomic mass is 32.2. The quantitative estimate of drug-likeness (QED) is 0.615. The number of hydrogen-bond acceptors (Lipinski definition) is 7. The van der Waals surface area contributed by atoms with E-state index < -0.39 is 15.9 Å². The first-order valence-corrected chi connectivity index (χ1v) is 9.95. The molecule has 1 aliphatic heterocycles. The van der Waals surface area contributed by atoms with E-state index >= 15 is 0 Å². The van der Waals surface area contributed by atoms with Crippen molar-refractivity contribution in [2.45, 2.75) is 22.8 Å². The number of nitrogens with zero attached hydrogens (tertiary/aromatic N) is 3. The van der Waals surface area contributed by atoms with Gasteiger partial charge >= 0.3 is 0 Å². The van der Waals surface area contributed by atoms with E-state index in [4.69, 9.17) is 0 Å². The number of aryl methyl sites for hydroxylation is 1. The molecule has 0 spiro atoms. The summed E-state index contributed by atoms with van der Waals surface area (Å²) in [5.41, 5.74) is 0.895. The van der Waals surface area contributed by atoms with Gasteiger partial charge in [-0.15, -0.1) is 0 Å². The van der Waals surface area contributed by atoms with Crippen molar-refractivity contribution in [3.05, 3.63) is 54.2 Å². The van der Waals surface area contributed by atoms with Crippen LogP contribution in [0, 0.1) is 6.92 Å². The molecule has 3 heterocycles. The van der Waals surface area contributed by atoms with Crippen LogP contribution in [0.25, 0.3) is 0 Å². The second-order valence-electron chi connectivity index (χ2n) is 6.45. The van der Waals surface area contributed by atoms with Crippen LogP contribution < -0.4 is 10.2 Å². The number of anilines is 3. The molecule has 9 heteroatoms. The third-order valence-electron chi connectivity index (χ3n) is 4.31. The Kier molecular flexibility index (Phi) is 4.33. The molecule has 2 aromatic heterocycles.